The number of aliphatic hydroxyl groups is 1. The zero-order valence-corrected chi connectivity index (χ0v) is 12.3. The molecule has 0 bridgehead atoms. The van der Waals surface area contributed by atoms with Gasteiger partial charge in [0.15, 0.2) is 0 Å². The molecule has 2 rings (SSSR count). The first-order valence-corrected chi connectivity index (χ1v) is 7.80. The minimum atomic E-state index is -0.256. The molecule has 0 aliphatic heterocycles. The van der Waals surface area contributed by atoms with E-state index >= 15 is 0 Å². The van der Waals surface area contributed by atoms with Crippen molar-refractivity contribution in [3.8, 4) is 0 Å². The summed E-state index contributed by atoms with van der Waals surface area (Å²) >= 11 is 0. The zero-order chi connectivity index (χ0) is 13.2. The first-order chi connectivity index (χ1) is 8.57. The number of hydrogen-bond acceptors (Lipinski definition) is 2. The van der Waals surface area contributed by atoms with Crippen molar-refractivity contribution >= 4 is 0 Å². The summed E-state index contributed by atoms with van der Waals surface area (Å²) in [5.74, 6) is 1.92. The van der Waals surface area contributed by atoms with Crippen LogP contribution in [0.1, 0.15) is 65.2 Å². The summed E-state index contributed by atoms with van der Waals surface area (Å²) in [4.78, 5) is 0. The Hall–Kier alpha value is -0.0800. The molecule has 0 aromatic rings. The van der Waals surface area contributed by atoms with Crippen molar-refractivity contribution < 1.29 is 9.84 Å². The lowest BCUT2D eigenvalue weighted by Crippen LogP contribution is -2.51. The molecule has 0 heterocycles. The van der Waals surface area contributed by atoms with Crippen molar-refractivity contribution in [3.63, 3.8) is 0 Å². The maximum atomic E-state index is 10.9. The number of aliphatic hydroxyl groups excluding tert-OH is 1. The van der Waals surface area contributed by atoms with Gasteiger partial charge >= 0.3 is 0 Å². The third kappa shape index (κ3) is 2.91. The number of rotatable bonds is 3. The molecule has 2 heteroatoms. The van der Waals surface area contributed by atoms with Gasteiger partial charge in [-0.15, -0.1) is 0 Å². The molecule has 1 N–H and O–H groups in total. The third-order valence-electron chi connectivity index (χ3n) is 5.36. The zero-order valence-electron chi connectivity index (χ0n) is 12.3. The van der Waals surface area contributed by atoms with Gasteiger partial charge < -0.3 is 9.84 Å². The van der Waals surface area contributed by atoms with Crippen LogP contribution >= 0.6 is 0 Å². The first-order valence-electron chi connectivity index (χ1n) is 7.80. The minimum absolute atomic E-state index is 0.251. The van der Waals surface area contributed by atoms with Crippen LogP contribution in [-0.2, 0) is 4.74 Å². The minimum Gasteiger partial charge on any atom is -0.390 e. The maximum Gasteiger partial charge on any atom is 0.0941 e. The average molecular weight is 254 g/mol. The van der Waals surface area contributed by atoms with E-state index in [2.05, 4.69) is 13.8 Å². The Kier molecular flexibility index (Phi) is 4.71. The lowest BCUT2D eigenvalue weighted by atomic mass is 9.68. The molecule has 106 valence electrons. The highest BCUT2D eigenvalue weighted by Gasteiger charge is 2.45. The fourth-order valence-corrected chi connectivity index (χ4v) is 4.32. The lowest BCUT2D eigenvalue weighted by molar-refractivity contribution is -0.155. The Bertz CT molecular complexity index is 266. The molecule has 2 aliphatic rings. The highest BCUT2D eigenvalue weighted by Crippen LogP contribution is 2.43. The molecular formula is C16H30O2. The summed E-state index contributed by atoms with van der Waals surface area (Å²) in [6.07, 6.45) is 9.29. The summed E-state index contributed by atoms with van der Waals surface area (Å²) in [5, 5.41) is 10.9. The van der Waals surface area contributed by atoms with Crippen molar-refractivity contribution in [3.05, 3.63) is 0 Å². The Labute approximate surface area is 112 Å². The molecule has 0 aromatic heterocycles. The summed E-state index contributed by atoms with van der Waals surface area (Å²) in [6, 6.07) is 0. The van der Waals surface area contributed by atoms with Gasteiger partial charge in [0, 0.05) is 7.11 Å². The normalized spacial score (nSPS) is 43.7. The largest absolute Gasteiger partial charge is 0.390 e. The van der Waals surface area contributed by atoms with E-state index in [9.17, 15) is 5.11 Å². The molecular weight excluding hydrogens is 224 g/mol. The maximum absolute atomic E-state index is 10.9. The van der Waals surface area contributed by atoms with E-state index in [1.807, 2.05) is 0 Å². The van der Waals surface area contributed by atoms with Crippen LogP contribution in [0.25, 0.3) is 0 Å². The number of hydrogen-bond donors (Lipinski definition) is 1. The molecule has 0 radical (unpaired) electrons. The average Bonchev–Trinajstić information content (AvgIpc) is 2.37. The summed E-state index contributed by atoms with van der Waals surface area (Å²) in [7, 11) is 1.80. The van der Waals surface area contributed by atoms with Gasteiger partial charge in [-0.05, 0) is 43.4 Å². The van der Waals surface area contributed by atoms with Crippen LogP contribution in [0.3, 0.4) is 0 Å². The molecule has 18 heavy (non-hydrogen) atoms. The molecule has 0 aromatic carbocycles. The van der Waals surface area contributed by atoms with Crippen LogP contribution in [0.2, 0.25) is 0 Å². The van der Waals surface area contributed by atoms with Crippen LogP contribution < -0.4 is 0 Å². The predicted octanol–water partition coefficient (Wildman–Crippen LogP) is 3.77. The van der Waals surface area contributed by atoms with E-state index in [4.69, 9.17) is 4.74 Å². The molecule has 0 saturated heterocycles. The van der Waals surface area contributed by atoms with Gasteiger partial charge in [0.2, 0.25) is 0 Å². The predicted molar refractivity (Wildman–Crippen MR) is 74.5 cm³/mol. The van der Waals surface area contributed by atoms with Crippen molar-refractivity contribution in [1.29, 1.82) is 0 Å². The first kappa shape index (κ1) is 14.3. The van der Waals surface area contributed by atoms with Gasteiger partial charge in [-0.2, -0.15) is 0 Å². The molecule has 2 saturated carbocycles. The third-order valence-corrected chi connectivity index (χ3v) is 5.36. The lowest BCUT2D eigenvalue weighted by Gasteiger charge is -2.46. The van der Waals surface area contributed by atoms with Crippen LogP contribution in [-0.4, -0.2) is 23.9 Å². The molecule has 2 fully saturated rings. The molecule has 5 unspecified atom stereocenters. The highest BCUT2D eigenvalue weighted by molar-refractivity contribution is 4.96. The molecule has 2 aliphatic carbocycles. The van der Waals surface area contributed by atoms with E-state index in [0.29, 0.717) is 11.8 Å². The highest BCUT2D eigenvalue weighted by atomic mass is 16.5. The SMILES string of the molecule is COC1(C(O)C2CCCC(C)C2)CCCC(C)C1. The second-order valence-electron chi connectivity index (χ2n) is 6.95. The smallest absolute Gasteiger partial charge is 0.0941 e. The van der Waals surface area contributed by atoms with Gasteiger partial charge in [0.1, 0.15) is 0 Å². The summed E-state index contributed by atoms with van der Waals surface area (Å²) in [6.45, 7) is 4.62. The topological polar surface area (TPSA) is 29.5 Å². The fraction of sp³-hybridized carbons (Fsp3) is 1.00. The van der Waals surface area contributed by atoms with E-state index < -0.39 is 0 Å². The van der Waals surface area contributed by atoms with Gasteiger partial charge in [-0.3, -0.25) is 0 Å². The Balaban J connectivity index is 2.06. The second kappa shape index (κ2) is 5.92. The molecule has 0 spiro atoms. The van der Waals surface area contributed by atoms with E-state index in [1.54, 1.807) is 7.11 Å². The fourth-order valence-electron chi connectivity index (χ4n) is 4.32. The van der Waals surface area contributed by atoms with E-state index in [1.165, 1.54) is 38.5 Å². The molecule has 5 atom stereocenters. The van der Waals surface area contributed by atoms with Crippen LogP contribution in [0.4, 0.5) is 0 Å². The van der Waals surface area contributed by atoms with E-state index in [-0.39, 0.29) is 11.7 Å². The van der Waals surface area contributed by atoms with Crippen LogP contribution in [0.5, 0.6) is 0 Å². The Morgan fingerprint density at radius 2 is 1.83 bits per heavy atom. The summed E-state index contributed by atoms with van der Waals surface area (Å²) in [5.41, 5.74) is -0.251. The quantitative estimate of drug-likeness (QED) is 0.830. The standard InChI is InChI=1S/C16H30O2/c1-12-6-4-8-14(10-12)15(17)16(18-3)9-5-7-13(2)11-16/h12-15,17H,4-11H2,1-3H3. The van der Waals surface area contributed by atoms with Gasteiger partial charge in [0.25, 0.3) is 0 Å². The van der Waals surface area contributed by atoms with Gasteiger partial charge in [0.05, 0.1) is 11.7 Å². The van der Waals surface area contributed by atoms with Gasteiger partial charge in [-0.25, -0.2) is 0 Å². The Morgan fingerprint density at radius 1 is 1.11 bits per heavy atom. The monoisotopic (exact) mass is 254 g/mol. The van der Waals surface area contributed by atoms with Crippen molar-refractivity contribution in [2.45, 2.75) is 76.9 Å². The van der Waals surface area contributed by atoms with Crippen LogP contribution in [0.15, 0.2) is 0 Å². The van der Waals surface area contributed by atoms with Crippen LogP contribution in [0, 0.1) is 17.8 Å². The van der Waals surface area contributed by atoms with Crippen molar-refractivity contribution in [1.82, 2.24) is 0 Å². The number of ether oxygens (including phenoxy) is 1. The molecule has 0 amide bonds. The summed E-state index contributed by atoms with van der Waals surface area (Å²) < 4.78 is 5.85. The van der Waals surface area contributed by atoms with E-state index in [0.717, 1.165) is 18.8 Å². The molecule has 2 nitrogen and oxygen atoms in total. The van der Waals surface area contributed by atoms with Crippen molar-refractivity contribution in [2.24, 2.45) is 17.8 Å². The second-order valence-corrected chi connectivity index (χ2v) is 6.95. The Morgan fingerprint density at radius 3 is 2.44 bits per heavy atom. The van der Waals surface area contributed by atoms with Gasteiger partial charge in [-0.1, -0.05) is 39.5 Å². The van der Waals surface area contributed by atoms with Crippen molar-refractivity contribution in [2.75, 3.05) is 7.11 Å². The number of methoxy groups -OCH3 is 1.